The molecule has 0 aliphatic rings. The van der Waals surface area contributed by atoms with Crippen LogP contribution in [0.3, 0.4) is 0 Å². The summed E-state index contributed by atoms with van der Waals surface area (Å²) < 4.78 is 1.91. The molecule has 2 heterocycles. The Morgan fingerprint density at radius 3 is 2.52 bits per heavy atom. The first-order valence-corrected chi connectivity index (χ1v) is 8.55. The van der Waals surface area contributed by atoms with Crippen LogP contribution in [0.4, 0.5) is 0 Å². The van der Waals surface area contributed by atoms with Gasteiger partial charge in [-0.25, -0.2) is 4.79 Å². The number of benzene rings is 2. The third kappa shape index (κ3) is 3.77. The van der Waals surface area contributed by atoms with E-state index in [4.69, 9.17) is 5.11 Å². The Balaban J connectivity index is 1.61. The summed E-state index contributed by atoms with van der Waals surface area (Å²) in [5, 5.41) is 13.8. The highest BCUT2D eigenvalue weighted by atomic mass is 16.4. The van der Waals surface area contributed by atoms with Crippen molar-refractivity contribution in [2.24, 2.45) is 0 Å². The Kier molecular flexibility index (Phi) is 4.49. The van der Waals surface area contributed by atoms with E-state index in [1.54, 1.807) is 12.3 Å². The van der Waals surface area contributed by atoms with Gasteiger partial charge in [-0.3, -0.25) is 9.67 Å². The number of rotatable bonds is 5. The predicted octanol–water partition coefficient (Wildman–Crippen LogP) is 4.36. The van der Waals surface area contributed by atoms with E-state index in [1.807, 2.05) is 59.4 Å². The third-order valence-corrected chi connectivity index (χ3v) is 4.30. The van der Waals surface area contributed by atoms with Crippen molar-refractivity contribution in [3.05, 3.63) is 96.4 Å². The molecule has 4 rings (SSSR count). The van der Waals surface area contributed by atoms with Crippen molar-refractivity contribution in [1.82, 2.24) is 14.8 Å². The van der Waals surface area contributed by atoms with Gasteiger partial charge in [-0.1, -0.05) is 48.5 Å². The van der Waals surface area contributed by atoms with Crippen molar-refractivity contribution >= 4 is 5.97 Å². The van der Waals surface area contributed by atoms with E-state index in [0.29, 0.717) is 6.54 Å². The SMILES string of the molecule is O=C(O)c1cncc(-c2cccc(-c3ccn(Cc4ccccc4)n3)c2)c1. The minimum atomic E-state index is -0.986. The summed E-state index contributed by atoms with van der Waals surface area (Å²) in [7, 11) is 0. The molecule has 5 heteroatoms. The van der Waals surface area contributed by atoms with Gasteiger partial charge < -0.3 is 5.11 Å². The Morgan fingerprint density at radius 2 is 1.70 bits per heavy atom. The first-order valence-electron chi connectivity index (χ1n) is 8.55. The van der Waals surface area contributed by atoms with Gasteiger partial charge in [-0.2, -0.15) is 5.10 Å². The van der Waals surface area contributed by atoms with E-state index in [1.165, 1.54) is 11.8 Å². The van der Waals surface area contributed by atoms with Gasteiger partial charge in [0.2, 0.25) is 0 Å². The van der Waals surface area contributed by atoms with E-state index in [2.05, 4.69) is 22.2 Å². The van der Waals surface area contributed by atoms with Crippen molar-refractivity contribution in [3.63, 3.8) is 0 Å². The molecule has 0 spiro atoms. The maximum atomic E-state index is 11.2. The van der Waals surface area contributed by atoms with Crippen LogP contribution in [0.5, 0.6) is 0 Å². The summed E-state index contributed by atoms with van der Waals surface area (Å²) in [6.07, 6.45) is 4.97. The molecule has 0 fully saturated rings. The second kappa shape index (κ2) is 7.25. The van der Waals surface area contributed by atoms with Crippen LogP contribution in [0.1, 0.15) is 15.9 Å². The third-order valence-electron chi connectivity index (χ3n) is 4.30. The highest BCUT2D eigenvalue weighted by molar-refractivity contribution is 5.89. The zero-order chi connectivity index (χ0) is 18.6. The first-order chi connectivity index (χ1) is 13.2. The van der Waals surface area contributed by atoms with Crippen LogP contribution in [0.15, 0.2) is 85.3 Å². The average Bonchev–Trinajstić information content (AvgIpc) is 3.17. The Labute approximate surface area is 156 Å². The molecule has 4 aromatic rings. The molecule has 5 nitrogen and oxygen atoms in total. The van der Waals surface area contributed by atoms with Gasteiger partial charge >= 0.3 is 5.97 Å². The van der Waals surface area contributed by atoms with Crippen molar-refractivity contribution in [2.45, 2.75) is 6.54 Å². The predicted molar refractivity (Wildman–Crippen MR) is 103 cm³/mol. The van der Waals surface area contributed by atoms with Crippen molar-refractivity contribution < 1.29 is 9.90 Å². The number of aromatic carboxylic acids is 1. The number of carboxylic acids is 1. The topological polar surface area (TPSA) is 68.0 Å². The molecule has 0 saturated heterocycles. The molecular formula is C22H17N3O2. The van der Waals surface area contributed by atoms with E-state index in [0.717, 1.165) is 22.4 Å². The van der Waals surface area contributed by atoms with Crippen molar-refractivity contribution in [1.29, 1.82) is 0 Å². The van der Waals surface area contributed by atoms with Crippen LogP contribution in [-0.4, -0.2) is 25.8 Å². The molecule has 132 valence electrons. The quantitative estimate of drug-likeness (QED) is 0.578. The molecule has 0 aliphatic carbocycles. The number of hydrogen-bond donors (Lipinski definition) is 1. The molecular weight excluding hydrogens is 338 g/mol. The van der Waals surface area contributed by atoms with Crippen LogP contribution in [0, 0.1) is 0 Å². The lowest BCUT2D eigenvalue weighted by Gasteiger charge is -2.05. The van der Waals surface area contributed by atoms with Gasteiger partial charge in [-0.05, 0) is 29.3 Å². The lowest BCUT2D eigenvalue weighted by atomic mass is 10.0. The normalized spacial score (nSPS) is 10.7. The largest absolute Gasteiger partial charge is 0.478 e. The van der Waals surface area contributed by atoms with Crippen LogP contribution in [-0.2, 0) is 6.54 Å². The Hall–Kier alpha value is -3.73. The van der Waals surface area contributed by atoms with Gasteiger partial charge in [0.15, 0.2) is 0 Å². The smallest absolute Gasteiger partial charge is 0.337 e. The summed E-state index contributed by atoms with van der Waals surface area (Å²) in [6, 6.07) is 21.7. The maximum Gasteiger partial charge on any atom is 0.337 e. The molecule has 27 heavy (non-hydrogen) atoms. The molecule has 2 aromatic heterocycles. The van der Waals surface area contributed by atoms with Gasteiger partial charge in [-0.15, -0.1) is 0 Å². The molecule has 0 unspecified atom stereocenters. The molecule has 0 radical (unpaired) electrons. The van der Waals surface area contributed by atoms with Crippen molar-refractivity contribution in [3.8, 4) is 22.4 Å². The molecule has 0 amide bonds. The zero-order valence-electron chi connectivity index (χ0n) is 14.5. The fraction of sp³-hybridized carbons (Fsp3) is 0.0455. The van der Waals surface area contributed by atoms with E-state index in [9.17, 15) is 4.79 Å². The molecule has 1 N–H and O–H groups in total. The number of carboxylic acid groups (broad SMARTS) is 1. The summed E-state index contributed by atoms with van der Waals surface area (Å²) in [6.45, 7) is 0.713. The van der Waals surface area contributed by atoms with E-state index >= 15 is 0 Å². The molecule has 0 saturated carbocycles. The van der Waals surface area contributed by atoms with Crippen LogP contribution in [0.2, 0.25) is 0 Å². The fourth-order valence-electron chi connectivity index (χ4n) is 2.95. The molecule has 0 aliphatic heterocycles. The van der Waals surface area contributed by atoms with Gasteiger partial charge in [0.1, 0.15) is 0 Å². The monoisotopic (exact) mass is 355 g/mol. The molecule has 0 atom stereocenters. The van der Waals surface area contributed by atoms with Crippen LogP contribution in [0.25, 0.3) is 22.4 Å². The second-order valence-electron chi connectivity index (χ2n) is 6.23. The summed E-state index contributed by atoms with van der Waals surface area (Å²) in [4.78, 5) is 15.2. The minimum Gasteiger partial charge on any atom is -0.478 e. The van der Waals surface area contributed by atoms with E-state index < -0.39 is 5.97 Å². The first kappa shape index (κ1) is 16.7. The van der Waals surface area contributed by atoms with Crippen LogP contribution < -0.4 is 0 Å². The van der Waals surface area contributed by atoms with Gasteiger partial charge in [0.25, 0.3) is 0 Å². The summed E-state index contributed by atoms with van der Waals surface area (Å²) in [5.41, 5.74) is 4.87. The van der Waals surface area contributed by atoms with Gasteiger partial charge in [0.05, 0.1) is 17.8 Å². The number of carbonyl (C=O) groups is 1. The number of aromatic nitrogens is 3. The number of nitrogens with zero attached hydrogens (tertiary/aromatic N) is 3. The highest BCUT2D eigenvalue weighted by Gasteiger charge is 2.08. The van der Waals surface area contributed by atoms with Gasteiger partial charge in [0, 0.05) is 29.7 Å². The Bertz CT molecular complexity index is 1090. The molecule has 2 aromatic carbocycles. The summed E-state index contributed by atoms with van der Waals surface area (Å²) in [5.74, 6) is -0.986. The zero-order valence-corrected chi connectivity index (χ0v) is 14.5. The second-order valence-corrected chi connectivity index (χ2v) is 6.23. The lowest BCUT2D eigenvalue weighted by molar-refractivity contribution is 0.0696. The number of hydrogen-bond acceptors (Lipinski definition) is 3. The van der Waals surface area contributed by atoms with E-state index in [-0.39, 0.29) is 5.56 Å². The number of pyridine rings is 1. The highest BCUT2D eigenvalue weighted by Crippen LogP contribution is 2.25. The Morgan fingerprint density at radius 1 is 0.889 bits per heavy atom. The minimum absolute atomic E-state index is 0.171. The lowest BCUT2D eigenvalue weighted by Crippen LogP contribution is -2.00. The van der Waals surface area contributed by atoms with Crippen LogP contribution >= 0.6 is 0 Å². The van der Waals surface area contributed by atoms with Crippen molar-refractivity contribution in [2.75, 3.05) is 0 Å². The standard InChI is InChI=1S/C22H17N3O2/c26-22(27)20-12-19(13-23-14-20)17-7-4-8-18(11-17)21-9-10-25(24-21)15-16-5-2-1-3-6-16/h1-14H,15H2,(H,26,27). The summed E-state index contributed by atoms with van der Waals surface area (Å²) >= 11 is 0. The average molecular weight is 355 g/mol. The fourth-order valence-corrected chi connectivity index (χ4v) is 2.95. The molecule has 0 bridgehead atoms. The maximum absolute atomic E-state index is 11.2.